The molecule has 2 aliphatic heterocycles. The molecule has 2 aliphatic rings. The summed E-state index contributed by atoms with van der Waals surface area (Å²) in [5.41, 5.74) is 0. The highest BCUT2D eigenvalue weighted by Gasteiger charge is 2.31. The van der Waals surface area contributed by atoms with Crippen LogP contribution in [-0.4, -0.2) is 50.0 Å². The number of nitrogens with zero attached hydrogens (tertiary/aromatic N) is 1. The Hall–Kier alpha value is -0.720. The van der Waals surface area contributed by atoms with Gasteiger partial charge in [-0.2, -0.15) is 0 Å². The van der Waals surface area contributed by atoms with Crippen molar-refractivity contribution < 1.29 is 19.0 Å². The van der Waals surface area contributed by atoms with E-state index in [0.717, 1.165) is 12.8 Å². The molecule has 1 aromatic rings. The number of rotatable bonds is 4. The molecule has 0 aromatic heterocycles. The molecule has 24 heavy (non-hydrogen) atoms. The molecular formula is C16H18Cl3NO4. The minimum Gasteiger partial charge on any atom is -0.482 e. The largest absolute Gasteiger partial charge is 0.482 e. The predicted octanol–water partition coefficient (Wildman–Crippen LogP) is 3.64. The van der Waals surface area contributed by atoms with Crippen LogP contribution in [0.1, 0.15) is 12.8 Å². The van der Waals surface area contributed by atoms with Crippen LogP contribution < -0.4 is 4.74 Å². The lowest BCUT2D eigenvalue weighted by atomic mass is 9.96. The Morgan fingerprint density at radius 3 is 2.38 bits per heavy atom. The first-order chi connectivity index (χ1) is 11.5. The third-order valence-corrected chi connectivity index (χ3v) is 5.27. The fraction of sp³-hybridized carbons (Fsp3) is 0.562. The maximum absolute atomic E-state index is 12.3. The van der Waals surface area contributed by atoms with Gasteiger partial charge in [0.1, 0.15) is 5.75 Å². The number of carbonyl (C=O) groups is 1. The van der Waals surface area contributed by atoms with Gasteiger partial charge in [-0.15, -0.1) is 0 Å². The smallest absolute Gasteiger partial charge is 0.260 e. The van der Waals surface area contributed by atoms with E-state index in [9.17, 15) is 4.79 Å². The summed E-state index contributed by atoms with van der Waals surface area (Å²) in [7, 11) is 0. The van der Waals surface area contributed by atoms with Crippen molar-refractivity contribution in [3.05, 3.63) is 27.2 Å². The van der Waals surface area contributed by atoms with E-state index in [2.05, 4.69) is 0 Å². The average molecular weight is 395 g/mol. The summed E-state index contributed by atoms with van der Waals surface area (Å²) >= 11 is 17.9. The SMILES string of the molecule is O=C(COc1cc(Cl)c(Cl)cc1Cl)N1CCC(C2OCCO2)CC1. The molecular weight excluding hydrogens is 377 g/mol. The average Bonchev–Trinajstić information content (AvgIpc) is 3.11. The number of hydrogen-bond acceptors (Lipinski definition) is 4. The monoisotopic (exact) mass is 393 g/mol. The predicted molar refractivity (Wildman–Crippen MR) is 92.0 cm³/mol. The van der Waals surface area contributed by atoms with E-state index in [0.29, 0.717) is 53.0 Å². The molecule has 5 nitrogen and oxygen atoms in total. The van der Waals surface area contributed by atoms with Crippen LogP contribution in [0.3, 0.4) is 0 Å². The lowest BCUT2D eigenvalue weighted by Gasteiger charge is -2.33. The number of carbonyl (C=O) groups excluding carboxylic acids is 1. The Kier molecular flexibility index (Phi) is 6.11. The van der Waals surface area contributed by atoms with Crippen LogP contribution in [0.15, 0.2) is 12.1 Å². The highest BCUT2D eigenvalue weighted by atomic mass is 35.5. The van der Waals surface area contributed by atoms with Crippen LogP contribution in [0.2, 0.25) is 15.1 Å². The van der Waals surface area contributed by atoms with Crippen LogP contribution in [0, 0.1) is 5.92 Å². The number of halogens is 3. The van der Waals surface area contributed by atoms with Gasteiger partial charge in [0.15, 0.2) is 12.9 Å². The molecule has 2 heterocycles. The Morgan fingerprint density at radius 2 is 1.71 bits per heavy atom. The van der Waals surface area contributed by atoms with Gasteiger partial charge < -0.3 is 19.1 Å². The van der Waals surface area contributed by atoms with Crippen LogP contribution in [0.5, 0.6) is 5.75 Å². The molecule has 0 radical (unpaired) electrons. The van der Waals surface area contributed by atoms with Crippen molar-refractivity contribution in [2.45, 2.75) is 19.1 Å². The second-order valence-corrected chi connectivity index (χ2v) is 7.04. The highest BCUT2D eigenvalue weighted by Crippen LogP contribution is 2.34. The molecule has 2 fully saturated rings. The van der Waals surface area contributed by atoms with Gasteiger partial charge in [0, 0.05) is 25.1 Å². The fourth-order valence-electron chi connectivity index (χ4n) is 2.92. The summed E-state index contributed by atoms with van der Waals surface area (Å²) in [5.74, 6) is 0.618. The fourth-order valence-corrected chi connectivity index (χ4v) is 3.51. The number of amides is 1. The van der Waals surface area contributed by atoms with Gasteiger partial charge in [-0.05, 0) is 18.9 Å². The van der Waals surface area contributed by atoms with Crippen molar-refractivity contribution in [2.75, 3.05) is 32.9 Å². The minimum atomic E-state index is -0.117. The minimum absolute atomic E-state index is 0.0798. The highest BCUT2D eigenvalue weighted by molar-refractivity contribution is 6.43. The molecule has 0 atom stereocenters. The molecule has 132 valence electrons. The zero-order valence-electron chi connectivity index (χ0n) is 13.0. The van der Waals surface area contributed by atoms with Crippen LogP contribution >= 0.6 is 34.8 Å². The van der Waals surface area contributed by atoms with Crippen LogP contribution in [0.25, 0.3) is 0 Å². The normalized spacial score (nSPS) is 19.7. The third kappa shape index (κ3) is 4.27. The van der Waals surface area contributed by atoms with Crippen LogP contribution in [-0.2, 0) is 14.3 Å². The van der Waals surface area contributed by atoms with E-state index in [4.69, 9.17) is 49.0 Å². The van der Waals surface area contributed by atoms with Gasteiger partial charge in [0.2, 0.25) is 0 Å². The topological polar surface area (TPSA) is 48.0 Å². The van der Waals surface area contributed by atoms with Gasteiger partial charge in [0.25, 0.3) is 5.91 Å². The molecule has 0 spiro atoms. The molecule has 0 aliphatic carbocycles. The zero-order valence-corrected chi connectivity index (χ0v) is 15.2. The molecule has 8 heteroatoms. The number of hydrogen-bond donors (Lipinski definition) is 0. The summed E-state index contributed by atoms with van der Waals surface area (Å²) < 4.78 is 16.6. The number of benzene rings is 1. The third-order valence-electron chi connectivity index (χ3n) is 4.25. The molecule has 0 bridgehead atoms. The second kappa shape index (κ2) is 8.11. The summed E-state index contributed by atoms with van der Waals surface area (Å²) in [6.45, 7) is 2.57. The van der Waals surface area contributed by atoms with Crippen molar-refractivity contribution in [1.82, 2.24) is 4.90 Å². The number of piperidine rings is 1. The standard InChI is InChI=1S/C16H18Cl3NO4/c17-11-7-13(19)14(8-12(11)18)24-9-15(21)20-3-1-10(2-4-20)16-22-5-6-23-16/h7-8,10,16H,1-6,9H2. The molecule has 1 amide bonds. The van der Waals surface area contributed by atoms with E-state index < -0.39 is 0 Å². The first-order valence-electron chi connectivity index (χ1n) is 7.83. The molecule has 2 saturated heterocycles. The maximum atomic E-state index is 12.3. The molecule has 0 N–H and O–H groups in total. The summed E-state index contributed by atoms with van der Waals surface area (Å²) in [4.78, 5) is 14.1. The van der Waals surface area contributed by atoms with Gasteiger partial charge in [0.05, 0.1) is 28.3 Å². The van der Waals surface area contributed by atoms with Crippen molar-refractivity contribution in [1.29, 1.82) is 0 Å². The molecule has 0 saturated carbocycles. The quantitative estimate of drug-likeness (QED) is 0.732. The second-order valence-electron chi connectivity index (χ2n) is 5.81. The first kappa shape index (κ1) is 18.1. The van der Waals surface area contributed by atoms with Crippen molar-refractivity contribution in [3.8, 4) is 5.75 Å². The van der Waals surface area contributed by atoms with E-state index in [1.165, 1.54) is 12.1 Å². The Morgan fingerprint density at radius 1 is 1.08 bits per heavy atom. The van der Waals surface area contributed by atoms with Crippen LogP contribution in [0.4, 0.5) is 0 Å². The van der Waals surface area contributed by atoms with E-state index in [1.807, 2.05) is 0 Å². The van der Waals surface area contributed by atoms with Gasteiger partial charge >= 0.3 is 0 Å². The summed E-state index contributed by atoms with van der Waals surface area (Å²) in [6, 6.07) is 3.01. The van der Waals surface area contributed by atoms with Crippen molar-refractivity contribution in [3.63, 3.8) is 0 Å². The van der Waals surface area contributed by atoms with Gasteiger partial charge in [-0.3, -0.25) is 4.79 Å². The van der Waals surface area contributed by atoms with Gasteiger partial charge in [-0.1, -0.05) is 34.8 Å². The summed E-state index contributed by atoms with van der Waals surface area (Å²) in [6.07, 6.45) is 1.61. The molecule has 0 unspecified atom stereocenters. The Labute approximate surface area is 155 Å². The Balaban J connectivity index is 1.48. The van der Waals surface area contributed by atoms with E-state index in [1.54, 1.807) is 4.90 Å². The lowest BCUT2D eigenvalue weighted by molar-refractivity contribution is -0.138. The molecule has 1 aromatic carbocycles. The first-order valence-corrected chi connectivity index (χ1v) is 8.96. The summed E-state index contributed by atoms with van der Waals surface area (Å²) in [5, 5.41) is 1.01. The van der Waals surface area contributed by atoms with Gasteiger partial charge in [-0.25, -0.2) is 0 Å². The zero-order chi connectivity index (χ0) is 17.1. The number of likely N-dealkylation sites (tertiary alicyclic amines) is 1. The van der Waals surface area contributed by atoms with Crippen molar-refractivity contribution in [2.24, 2.45) is 5.92 Å². The van der Waals surface area contributed by atoms with E-state index in [-0.39, 0.29) is 18.8 Å². The lowest BCUT2D eigenvalue weighted by Crippen LogP contribution is -2.43. The van der Waals surface area contributed by atoms with E-state index >= 15 is 0 Å². The van der Waals surface area contributed by atoms with Crippen molar-refractivity contribution >= 4 is 40.7 Å². The molecule has 3 rings (SSSR count). The maximum Gasteiger partial charge on any atom is 0.260 e. The number of ether oxygens (including phenoxy) is 3. The Bertz CT molecular complexity index is 599.